The van der Waals surface area contributed by atoms with Crippen molar-refractivity contribution in [2.75, 3.05) is 19.3 Å². The predicted octanol–water partition coefficient (Wildman–Crippen LogP) is 5.98. The first-order chi connectivity index (χ1) is 11.9. The summed E-state index contributed by atoms with van der Waals surface area (Å²) in [6.45, 7) is 8.34. The van der Waals surface area contributed by atoms with Crippen molar-refractivity contribution in [3.05, 3.63) is 33.8 Å². The highest BCUT2D eigenvalue weighted by Crippen LogP contribution is 2.39. The van der Waals surface area contributed by atoms with Crippen molar-refractivity contribution in [3.63, 3.8) is 0 Å². The molecule has 8 heteroatoms. The molecule has 2 atom stereocenters. The molecule has 0 spiro atoms. The third kappa shape index (κ3) is 6.08. The Bertz CT molecular complexity index is 632. The third-order valence-electron chi connectivity index (χ3n) is 3.99. The van der Waals surface area contributed by atoms with Gasteiger partial charge in [0.2, 0.25) is 0 Å². The SMILES string of the molecule is CS.C[C@H]1CN(C(=O)OC(C)(C)C)CC1c1ccc(C(F)(F)F)cc1Br. The summed E-state index contributed by atoms with van der Waals surface area (Å²) >= 11 is 6.78. The fourth-order valence-corrected chi connectivity index (χ4v) is 3.52. The maximum absolute atomic E-state index is 12.8. The van der Waals surface area contributed by atoms with Crippen LogP contribution in [0.25, 0.3) is 0 Å². The van der Waals surface area contributed by atoms with Crippen molar-refractivity contribution in [3.8, 4) is 0 Å². The van der Waals surface area contributed by atoms with Gasteiger partial charge in [0.15, 0.2) is 0 Å². The fraction of sp³-hybridized carbons (Fsp3) is 0.611. The average Bonchev–Trinajstić information content (AvgIpc) is 2.88. The highest BCUT2D eigenvalue weighted by atomic mass is 79.9. The van der Waals surface area contributed by atoms with E-state index in [9.17, 15) is 18.0 Å². The van der Waals surface area contributed by atoms with Gasteiger partial charge in [-0.3, -0.25) is 0 Å². The molecular formula is C18H25BrF3NO2S. The Morgan fingerprint density at radius 1 is 1.23 bits per heavy atom. The molecule has 1 aliphatic heterocycles. The van der Waals surface area contributed by atoms with E-state index in [1.54, 1.807) is 31.9 Å². The van der Waals surface area contributed by atoms with Gasteiger partial charge >= 0.3 is 12.3 Å². The Morgan fingerprint density at radius 2 is 1.81 bits per heavy atom. The number of likely N-dealkylation sites (tertiary alicyclic amines) is 1. The van der Waals surface area contributed by atoms with Crippen molar-refractivity contribution in [1.29, 1.82) is 0 Å². The normalized spacial score (nSPS) is 20.5. The molecule has 3 nitrogen and oxygen atoms in total. The number of hydrogen-bond donors (Lipinski definition) is 1. The first-order valence-corrected chi connectivity index (χ1v) is 9.86. The van der Waals surface area contributed by atoms with Gasteiger partial charge in [-0.05, 0) is 50.6 Å². The van der Waals surface area contributed by atoms with Gasteiger partial charge in [-0.1, -0.05) is 28.9 Å². The van der Waals surface area contributed by atoms with Crippen molar-refractivity contribution in [2.45, 2.75) is 45.4 Å². The Morgan fingerprint density at radius 3 is 2.27 bits per heavy atom. The molecule has 26 heavy (non-hydrogen) atoms. The van der Waals surface area contributed by atoms with Crippen LogP contribution in [-0.2, 0) is 10.9 Å². The Kier molecular flexibility index (Phi) is 7.89. The van der Waals surface area contributed by atoms with Gasteiger partial charge in [0.1, 0.15) is 5.60 Å². The van der Waals surface area contributed by atoms with E-state index in [-0.39, 0.29) is 17.9 Å². The van der Waals surface area contributed by atoms with Crippen LogP contribution in [0.1, 0.15) is 44.7 Å². The average molecular weight is 456 g/mol. The van der Waals surface area contributed by atoms with Gasteiger partial charge in [0, 0.05) is 23.5 Å². The van der Waals surface area contributed by atoms with Crippen LogP contribution in [0.3, 0.4) is 0 Å². The van der Waals surface area contributed by atoms with Crippen molar-refractivity contribution in [2.24, 2.45) is 5.92 Å². The Hall–Kier alpha value is -0.890. The van der Waals surface area contributed by atoms with Crippen LogP contribution >= 0.6 is 28.6 Å². The van der Waals surface area contributed by atoms with Crippen LogP contribution in [-0.4, -0.2) is 35.9 Å². The summed E-state index contributed by atoms with van der Waals surface area (Å²) in [5.74, 6) is 0.0970. The summed E-state index contributed by atoms with van der Waals surface area (Å²) in [4.78, 5) is 13.8. The number of ether oxygens (including phenoxy) is 1. The van der Waals surface area contributed by atoms with E-state index in [1.807, 2.05) is 6.92 Å². The van der Waals surface area contributed by atoms with Crippen molar-refractivity contribution >= 4 is 34.7 Å². The van der Waals surface area contributed by atoms with E-state index in [0.717, 1.165) is 17.7 Å². The lowest BCUT2D eigenvalue weighted by Gasteiger charge is -2.24. The van der Waals surface area contributed by atoms with Crippen molar-refractivity contribution < 1.29 is 22.7 Å². The van der Waals surface area contributed by atoms with Gasteiger partial charge in [-0.2, -0.15) is 25.8 Å². The number of carbonyl (C=O) groups is 1. The molecule has 0 saturated carbocycles. The number of alkyl halides is 3. The number of nitrogens with zero attached hydrogens (tertiary/aromatic N) is 1. The first-order valence-electron chi connectivity index (χ1n) is 8.18. The van der Waals surface area contributed by atoms with E-state index in [2.05, 4.69) is 28.6 Å². The number of thiol groups is 1. The molecule has 1 amide bonds. The van der Waals surface area contributed by atoms with E-state index >= 15 is 0 Å². The quantitative estimate of drug-likeness (QED) is 0.527. The van der Waals surface area contributed by atoms with Gasteiger partial charge < -0.3 is 9.64 Å². The highest BCUT2D eigenvalue weighted by molar-refractivity contribution is 9.10. The van der Waals surface area contributed by atoms with Gasteiger partial charge in [-0.25, -0.2) is 4.79 Å². The topological polar surface area (TPSA) is 29.5 Å². The minimum absolute atomic E-state index is 0.0332. The van der Waals surface area contributed by atoms with Crippen LogP contribution in [0.5, 0.6) is 0 Å². The van der Waals surface area contributed by atoms with Crippen LogP contribution in [0.15, 0.2) is 22.7 Å². The number of carbonyl (C=O) groups excluding carboxylic acids is 1. The predicted molar refractivity (Wildman–Crippen MR) is 104 cm³/mol. The standard InChI is InChI=1S/C17H21BrF3NO2.CH4S/c1-10-8-22(15(23)24-16(2,3)4)9-13(10)12-6-5-11(7-14(12)18)17(19,20)21;1-2/h5-7,10,13H,8-9H2,1-4H3;2H,1H3/t10-,13?;/m0./s1. The second-order valence-electron chi connectivity index (χ2n) is 7.20. The third-order valence-corrected chi connectivity index (χ3v) is 4.68. The molecule has 2 rings (SSSR count). The lowest BCUT2D eigenvalue weighted by molar-refractivity contribution is -0.137. The zero-order chi connectivity index (χ0) is 20.3. The van der Waals surface area contributed by atoms with E-state index < -0.39 is 17.3 Å². The summed E-state index contributed by atoms with van der Waals surface area (Å²) < 4.78 is 44.2. The molecule has 1 saturated heterocycles. The fourth-order valence-electron chi connectivity index (χ4n) is 2.85. The molecule has 1 unspecified atom stereocenters. The summed E-state index contributed by atoms with van der Waals surface area (Å²) in [5.41, 5.74) is -0.484. The molecule has 1 aromatic carbocycles. The van der Waals surface area contributed by atoms with E-state index in [1.165, 1.54) is 6.07 Å². The zero-order valence-corrected chi connectivity index (χ0v) is 18.0. The van der Waals surface area contributed by atoms with Crippen LogP contribution in [0.4, 0.5) is 18.0 Å². The number of rotatable bonds is 1. The number of halogens is 4. The highest BCUT2D eigenvalue weighted by Gasteiger charge is 2.37. The molecule has 148 valence electrons. The monoisotopic (exact) mass is 455 g/mol. The second kappa shape index (κ2) is 8.87. The van der Waals surface area contributed by atoms with Gasteiger partial charge in [0.25, 0.3) is 0 Å². The van der Waals surface area contributed by atoms with Crippen LogP contribution in [0.2, 0.25) is 0 Å². The Labute approximate surface area is 166 Å². The Balaban J connectivity index is 0.00000163. The largest absolute Gasteiger partial charge is 0.444 e. The number of hydrogen-bond acceptors (Lipinski definition) is 3. The molecule has 1 heterocycles. The minimum Gasteiger partial charge on any atom is -0.444 e. The molecule has 1 aromatic rings. The second-order valence-corrected chi connectivity index (χ2v) is 8.06. The molecule has 0 aromatic heterocycles. The van der Waals surface area contributed by atoms with Crippen LogP contribution in [0, 0.1) is 5.92 Å². The summed E-state index contributed by atoms with van der Waals surface area (Å²) in [5, 5.41) is 0. The van der Waals surface area contributed by atoms with E-state index in [0.29, 0.717) is 17.6 Å². The summed E-state index contributed by atoms with van der Waals surface area (Å²) in [7, 11) is 0. The molecule has 0 radical (unpaired) electrons. The maximum Gasteiger partial charge on any atom is 0.416 e. The molecular weight excluding hydrogens is 431 g/mol. The minimum atomic E-state index is -4.37. The maximum atomic E-state index is 12.8. The zero-order valence-electron chi connectivity index (χ0n) is 15.5. The van der Waals surface area contributed by atoms with Crippen molar-refractivity contribution in [1.82, 2.24) is 4.90 Å². The molecule has 1 fully saturated rings. The molecule has 0 N–H and O–H groups in total. The lowest BCUT2D eigenvalue weighted by atomic mass is 9.90. The number of amides is 1. The van der Waals surface area contributed by atoms with Crippen LogP contribution < -0.4 is 0 Å². The first kappa shape index (κ1) is 23.1. The molecule has 0 bridgehead atoms. The lowest BCUT2D eigenvalue weighted by Crippen LogP contribution is -2.35. The van der Waals surface area contributed by atoms with Gasteiger partial charge in [-0.15, -0.1) is 0 Å². The molecule has 0 aliphatic carbocycles. The summed E-state index contributed by atoms with van der Waals surface area (Å²) in [6.07, 6.45) is -3.06. The number of benzene rings is 1. The van der Waals surface area contributed by atoms with E-state index in [4.69, 9.17) is 4.74 Å². The summed E-state index contributed by atoms with van der Waals surface area (Å²) in [6, 6.07) is 3.67. The molecule has 1 aliphatic rings. The van der Waals surface area contributed by atoms with Gasteiger partial charge in [0.05, 0.1) is 5.56 Å². The smallest absolute Gasteiger partial charge is 0.416 e.